The minimum atomic E-state index is -1.09. The first kappa shape index (κ1) is 40.4. The molecule has 2 aliphatic heterocycles. The molecule has 6 amide bonds. The topological polar surface area (TPSA) is 180 Å². The molecule has 4 saturated carbocycles. The molecule has 2 saturated heterocycles. The summed E-state index contributed by atoms with van der Waals surface area (Å²) < 4.78 is 5.86. The zero-order chi connectivity index (χ0) is 39.4. The Bertz CT molecular complexity index is 1510. The van der Waals surface area contributed by atoms with Crippen LogP contribution < -0.4 is 21.7 Å². The quantitative estimate of drug-likeness (QED) is 0.232. The number of fused-ring (bicyclic) bond motifs is 1. The van der Waals surface area contributed by atoms with Crippen molar-refractivity contribution in [1.82, 2.24) is 25.8 Å². The second-order valence-electron chi connectivity index (χ2n) is 19.8. The number of Topliss-reactive ketones (excluding diaryl/α,β-unsaturated/α-hetero) is 1. The summed E-state index contributed by atoms with van der Waals surface area (Å²) >= 11 is 0. The van der Waals surface area contributed by atoms with Gasteiger partial charge in [0, 0.05) is 25.0 Å². The highest BCUT2D eigenvalue weighted by Gasteiger charge is 2.85. The summed E-state index contributed by atoms with van der Waals surface area (Å²) in [7, 11) is 0. The summed E-state index contributed by atoms with van der Waals surface area (Å²) in [5.41, 5.74) is 3.81. The van der Waals surface area contributed by atoms with Crippen molar-refractivity contribution in [2.45, 2.75) is 162 Å². The Labute approximate surface area is 321 Å². The van der Waals surface area contributed by atoms with Gasteiger partial charge in [-0.15, -0.1) is 0 Å². The highest BCUT2D eigenvalue weighted by atomic mass is 16.5. The van der Waals surface area contributed by atoms with E-state index in [1.807, 2.05) is 34.6 Å². The molecule has 13 heteroatoms. The molecule has 5 N–H and O–H groups in total. The lowest BCUT2D eigenvalue weighted by Crippen LogP contribution is -2.63. The molecule has 6 fully saturated rings. The smallest absolute Gasteiger partial charge is 0.316 e. The number of ether oxygens (including phenoxy) is 1. The highest BCUT2D eigenvalue weighted by Crippen LogP contribution is 2.88. The van der Waals surface area contributed by atoms with Crippen LogP contribution in [0, 0.1) is 33.5 Å². The number of hydrogen-bond acceptors (Lipinski definition) is 7. The van der Waals surface area contributed by atoms with Crippen LogP contribution in [0.25, 0.3) is 0 Å². The number of nitrogens with zero attached hydrogens (tertiary/aromatic N) is 2. The third-order valence-electron chi connectivity index (χ3n) is 14.9. The fourth-order valence-corrected chi connectivity index (χ4v) is 11.2. The molecule has 0 aromatic carbocycles. The second-order valence-corrected chi connectivity index (χ2v) is 19.8. The predicted octanol–water partition coefficient (Wildman–Crippen LogP) is 3.81. The van der Waals surface area contributed by atoms with Gasteiger partial charge in [0.1, 0.15) is 18.1 Å². The number of morpholine rings is 1. The Morgan fingerprint density at radius 3 is 2.00 bits per heavy atom. The van der Waals surface area contributed by atoms with Crippen LogP contribution in [0.5, 0.6) is 0 Å². The van der Waals surface area contributed by atoms with Gasteiger partial charge in [-0.3, -0.25) is 24.0 Å². The number of carbonyl (C=O) groups is 6. The monoisotopic (exact) mass is 754 g/mol. The summed E-state index contributed by atoms with van der Waals surface area (Å²) in [5.74, 6) is -2.68. The molecule has 0 aromatic heterocycles. The molecule has 6 aliphatic rings. The zero-order valence-electron chi connectivity index (χ0n) is 33.8. The van der Waals surface area contributed by atoms with E-state index in [0.29, 0.717) is 39.1 Å². The van der Waals surface area contributed by atoms with Gasteiger partial charge < -0.3 is 36.2 Å². The van der Waals surface area contributed by atoms with Crippen molar-refractivity contribution < 1.29 is 33.5 Å². The number of urea groups is 1. The number of rotatable bonds is 11. The molecule has 54 heavy (non-hydrogen) atoms. The standard InChI is InChI=1S/C41H66N6O7/c1-37(2,3)31(45-36(53)44-29(26-15-9-8-10-16-26)34(51)46-19-20-54-38(4,5)23-46)35(52)47-24-41(39(6,7)40(41)17-12-18-40)22-28(47)33(50)43-27(30(48)32(42)49)21-25-13-11-14-25/h25-29,31H,8-24H2,1-7H3,(H2,42,49)(H,43,50)(H2,44,45,53)/t27?,28-,29-,31+,41+/m0/s1. The molecule has 13 nitrogen and oxygen atoms in total. The van der Waals surface area contributed by atoms with Crippen LogP contribution in [0.4, 0.5) is 4.79 Å². The molecule has 1 unspecified atom stereocenters. The molecule has 6 rings (SSSR count). The second kappa shape index (κ2) is 14.7. The Morgan fingerprint density at radius 2 is 1.48 bits per heavy atom. The lowest BCUT2D eigenvalue weighted by atomic mass is 9.73. The van der Waals surface area contributed by atoms with Gasteiger partial charge in [0.25, 0.3) is 5.91 Å². The first-order chi connectivity index (χ1) is 25.2. The maximum Gasteiger partial charge on any atom is 0.316 e. The molecule has 302 valence electrons. The van der Waals surface area contributed by atoms with E-state index in [1.54, 1.807) is 9.80 Å². The fraction of sp³-hybridized carbons (Fsp3) is 0.854. The molecular weight excluding hydrogens is 688 g/mol. The Balaban J connectivity index is 1.24. The van der Waals surface area contributed by atoms with Gasteiger partial charge in [0.05, 0.1) is 18.2 Å². The number of ketones is 1. The van der Waals surface area contributed by atoms with Crippen molar-refractivity contribution in [1.29, 1.82) is 0 Å². The highest BCUT2D eigenvalue weighted by molar-refractivity contribution is 6.37. The average molecular weight is 755 g/mol. The van der Waals surface area contributed by atoms with E-state index in [4.69, 9.17) is 10.5 Å². The lowest BCUT2D eigenvalue weighted by molar-refractivity contribution is -0.149. The molecule has 5 atom stereocenters. The maximum absolute atomic E-state index is 15.0. The minimum Gasteiger partial charge on any atom is -0.372 e. The third-order valence-corrected chi connectivity index (χ3v) is 14.9. The van der Waals surface area contributed by atoms with Crippen LogP contribution in [0.1, 0.15) is 132 Å². The first-order valence-electron chi connectivity index (χ1n) is 20.7. The summed E-state index contributed by atoms with van der Waals surface area (Å²) in [4.78, 5) is 86.0. The molecule has 0 radical (unpaired) electrons. The van der Waals surface area contributed by atoms with Gasteiger partial charge in [0.15, 0.2) is 0 Å². The molecule has 0 bridgehead atoms. The summed E-state index contributed by atoms with van der Waals surface area (Å²) in [6.07, 6.45) is 11.5. The summed E-state index contributed by atoms with van der Waals surface area (Å²) in [5, 5.41) is 8.89. The van der Waals surface area contributed by atoms with E-state index in [9.17, 15) is 28.8 Å². The number of nitrogens with one attached hydrogen (secondary N) is 3. The van der Waals surface area contributed by atoms with Crippen LogP contribution in [0.3, 0.4) is 0 Å². The number of likely N-dealkylation sites (tertiary alicyclic amines) is 1. The molecule has 2 spiro atoms. The Hall–Kier alpha value is -3.22. The maximum atomic E-state index is 15.0. The Morgan fingerprint density at radius 1 is 0.815 bits per heavy atom. The minimum absolute atomic E-state index is 0.0194. The van der Waals surface area contributed by atoms with Crippen LogP contribution in [0.15, 0.2) is 0 Å². The van der Waals surface area contributed by atoms with Gasteiger partial charge in [0.2, 0.25) is 23.5 Å². The third kappa shape index (κ3) is 7.27. The predicted molar refractivity (Wildman–Crippen MR) is 203 cm³/mol. The largest absolute Gasteiger partial charge is 0.372 e. The number of nitrogens with two attached hydrogens (primary N) is 1. The van der Waals surface area contributed by atoms with E-state index in [-0.39, 0.29) is 39.9 Å². The van der Waals surface area contributed by atoms with Crippen LogP contribution in [-0.2, 0) is 28.7 Å². The van der Waals surface area contributed by atoms with Crippen molar-refractivity contribution in [2.24, 2.45) is 39.2 Å². The number of amides is 6. The summed E-state index contributed by atoms with van der Waals surface area (Å²) in [6, 6.07) is -4.30. The SMILES string of the molecule is CC1(C)CN(C(=O)[C@@H](NC(=O)N[C@H](C(=O)N2C[C@]3(C[C@H]2C(=O)NC(CC2CCC2)C(=O)C(N)=O)C(C)(C)C32CCC2)C(C)(C)C)C2CCCCC2)CCO1. The Kier molecular flexibility index (Phi) is 11.0. The number of carbonyl (C=O) groups excluding carboxylic acids is 6. The van der Waals surface area contributed by atoms with Gasteiger partial charge in [-0.25, -0.2) is 4.79 Å². The van der Waals surface area contributed by atoms with E-state index < -0.39 is 58.8 Å². The lowest BCUT2D eigenvalue weighted by Gasteiger charge is -2.41. The van der Waals surface area contributed by atoms with Crippen molar-refractivity contribution in [3.05, 3.63) is 0 Å². The van der Waals surface area contributed by atoms with E-state index in [2.05, 4.69) is 29.8 Å². The van der Waals surface area contributed by atoms with Crippen molar-refractivity contribution in [2.75, 3.05) is 26.2 Å². The van der Waals surface area contributed by atoms with Gasteiger partial charge >= 0.3 is 6.03 Å². The van der Waals surface area contributed by atoms with E-state index in [0.717, 1.165) is 70.6 Å². The normalized spacial score (nSPS) is 29.0. The molecule has 4 aliphatic carbocycles. The van der Waals surface area contributed by atoms with E-state index in [1.165, 1.54) is 0 Å². The van der Waals surface area contributed by atoms with Crippen LogP contribution in [0.2, 0.25) is 0 Å². The van der Waals surface area contributed by atoms with Crippen LogP contribution in [-0.4, -0.2) is 101 Å². The first-order valence-corrected chi connectivity index (χ1v) is 20.7. The average Bonchev–Trinajstić information content (AvgIpc) is 3.27. The molecule has 2 heterocycles. The molecular formula is C41H66N6O7. The van der Waals surface area contributed by atoms with E-state index >= 15 is 0 Å². The number of primary amides is 1. The van der Waals surface area contributed by atoms with Crippen molar-refractivity contribution in [3.8, 4) is 0 Å². The summed E-state index contributed by atoms with van der Waals surface area (Å²) in [6.45, 7) is 15.7. The number of hydrogen-bond donors (Lipinski definition) is 4. The van der Waals surface area contributed by atoms with Crippen molar-refractivity contribution >= 4 is 35.4 Å². The van der Waals surface area contributed by atoms with Crippen molar-refractivity contribution in [3.63, 3.8) is 0 Å². The van der Waals surface area contributed by atoms with Gasteiger partial charge in [-0.1, -0.05) is 79.6 Å². The van der Waals surface area contributed by atoms with Crippen LogP contribution >= 0.6 is 0 Å². The van der Waals surface area contributed by atoms with Gasteiger partial charge in [-0.2, -0.15) is 0 Å². The molecule has 0 aromatic rings. The zero-order valence-corrected chi connectivity index (χ0v) is 33.8. The van der Waals surface area contributed by atoms with Gasteiger partial charge in [-0.05, 0) is 80.5 Å². The fourth-order valence-electron chi connectivity index (χ4n) is 11.2.